The summed E-state index contributed by atoms with van der Waals surface area (Å²) in [5.74, 6) is 1.55. The highest BCUT2D eigenvalue weighted by molar-refractivity contribution is 5.95. The zero-order valence-corrected chi connectivity index (χ0v) is 13.5. The van der Waals surface area contributed by atoms with Gasteiger partial charge in [-0.3, -0.25) is 4.79 Å². The van der Waals surface area contributed by atoms with Crippen LogP contribution in [-0.4, -0.2) is 51.8 Å². The number of ether oxygens (including phenoxy) is 3. The quantitative estimate of drug-likeness (QED) is 0.739. The summed E-state index contributed by atoms with van der Waals surface area (Å²) >= 11 is 0. The van der Waals surface area contributed by atoms with Crippen LogP contribution < -0.4 is 9.47 Å². The van der Waals surface area contributed by atoms with Gasteiger partial charge in [0, 0.05) is 31.8 Å². The van der Waals surface area contributed by atoms with Crippen molar-refractivity contribution in [3.05, 3.63) is 23.8 Å². The van der Waals surface area contributed by atoms with E-state index < -0.39 is 0 Å². The molecule has 0 aliphatic rings. The third-order valence-electron chi connectivity index (χ3n) is 3.04. The topological polar surface area (TPSA) is 48.0 Å². The van der Waals surface area contributed by atoms with E-state index in [0.717, 1.165) is 0 Å². The van der Waals surface area contributed by atoms with E-state index in [2.05, 4.69) is 13.8 Å². The summed E-state index contributed by atoms with van der Waals surface area (Å²) in [7, 11) is 4.77. The van der Waals surface area contributed by atoms with Crippen molar-refractivity contribution in [3.63, 3.8) is 0 Å². The van der Waals surface area contributed by atoms with Gasteiger partial charge in [-0.1, -0.05) is 13.8 Å². The van der Waals surface area contributed by atoms with E-state index in [9.17, 15) is 4.79 Å². The third kappa shape index (κ3) is 5.27. The van der Waals surface area contributed by atoms with Crippen molar-refractivity contribution in [1.29, 1.82) is 0 Å². The standard InChI is InChI=1S/C16H25NO4/c1-12(2)11-17(6-7-19-3)16(18)13-8-14(20-4)10-15(9-13)21-5/h8-10,12H,6-7,11H2,1-5H3. The Morgan fingerprint density at radius 2 is 1.67 bits per heavy atom. The Kier molecular flexibility index (Phi) is 7.02. The molecule has 0 radical (unpaired) electrons. The molecule has 0 atom stereocenters. The smallest absolute Gasteiger partial charge is 0.254 e. The molecule has 118 valence electrons. The van der Waals surface area contributed by atoms with E-state index in [0.29, 0.717) is 42.7 Å². The maximum Gasteiger partial charge on any atom is 0.254 e. The lowest BCUT2D eigenvalue weighted by Gasteiger charge is -2.24. The Morgan fingerprint density at radius 1 is 1.10 bits per heavy atom. The van der Waals surface area contributed by atoms with E-state index in [1.165, 1.54) is 0 Å². The fraction of sp³-hybridized carbons (Fsp3) is 0.562. The molecule has 1 aromatic rings. The minimum atomic E-state index is -0.0436. The van der Waals surface area contributed by atoms with Crippen molar-refractivity contribution in [3.8, 4) is 11.5 Å². The van der Waals surface area contributed by atoms with Crippen LogP contribution in [0, 0.1) is 5.92 Å². The van der Waals surface area contributed by atoms with Crippen LogP contribution in [-0.2, 0) is 4.74 Å². The van der Waals surface area contributed by atoms with Crippen LogP contribution >= 0.6 is 0 Å². The maximum absolute atomic E-state index is 12.7. The number of benzene rings is 1. The van der Waals surface area contributed by atoms with Gasteiger partial charge >= 0.3 is 0 Å². The second-order valence-electron chi connectivity index (χ2n) is 5.24. The fourth-order valence-electron chi connectivity index (χ4n) is 2.03. The van der Waals surface area contributed by atoms with Crippen molar-refractivity contribution in [2.24, 2.45) is 5.92 Å². The molecule has 0 saturated carbocycles. The number of methoxy groups -OCH3 is 3. The Hall–Kier alpha value is -1.75. The molecule has 0 spiro atoms. The Balaban J connectivity index is 3.00. The first-order valence-corrected chi connectivity index (χ1v) is 7.03. The number of carbonyl (C=O) groups is 1. The average molecular weight is 295 g/mol. The van der Waals surface area contributed by atoms with Gasteiger partial charge in [-0.2, -0.15) is 0 Å². The summed E-state index contributed by atoms with van der Waals surface area (Å²) in [6, 6.07) is 5.20. The lowest BCUT2D eigenvalue weighted by Crippen LogP contribution is -2.36. The van der Waals surface area contributed by atoms with Crippen LogP contribution in [0.5, 0.6) is 11.5 Å². The van der Waals surface area contributed by atoms with Gasteiger partial charge in [0.05, 0.1) is 20.8 Å². The highest BCUT2D eigenvalue weighted by Crippen LogP contribution is 2.23. The Labute approximate surface area is 126 Å². The zero-order chi connectivity index (χ0) is 15.8. The molecule has 0 aromatic heterocycles. The molecule has 1 aromatic carbocycles. The summed E-state index contributed by atoms with van der Waals surface area (Å²) in [4.78, 5) is 14.5. The molecule has 0 saturated heterocycles. The first kappa shape index (κ1) is 17.3. The van der Waals surface area contributed by atoms with Crippen molar-refractivity contribution in [1.82, 2.24) is 4.90 Å². The van der Waals surface area contributed by atoms with Crippen molar-refractivity contribution in [2.75, 3.05) is 41.0 Å². The minimum Gasteiger partial charge on any atom is -0.497 e. The number of hydrogen-bond donors (Lipinski definition) is 0. The molecule has 0 heterocycles. The molecule has 0 N–H and O–H groups in total. The van der Waals surface area contributed by atoms with Crippen LogP contribution in [0.4, 0.5) is 0 Å². The number of nitrogens with zero attached hydrogens (tertiary/aromatic N) is 1. The van der Waals surface area contributed by atoms with Crippen molar-refractivity contribution in [2.45, 2.75) is 13.8 Å². The third-order valence-corrected chi connectivity index (χ3v) is 3.04. The Bertz CT molecular complexity index is 437. The molecule has 5 heteroatoms. The maximum atomic E-state index is 12.7. The molecule has 1 amide bonds. The lowest BCUT2D eigenvalue weighted by atomic mass is 10.1. The van der Waals surface area contributed by atoms with E-state index in [4.69, 9.17) is 14.2 Å². The average Bonchev–Trinajstić information content (AvgIpc) is 2.49. The first-order chi connectivity index (χ1) is 10.0. The number of carbonyl (C=O) groups excluding carboxylic acids is 1. The van der Waals surface area contributed by atoms with Gasteiger partial charge < -0.3 is 19.1 Å². The second kappa shape index (κ2) is 8.52. The summed E-state index contributed by atoms with van der Waals surface area (Å²) in [5, 5.41) is 0. The van der Waals surface area contributed by atoms with Crippen LogP contribution in [0.15, 0.2) is 18.2 Å². The van der Waals surface area contributed by atoms with Crippen molar-refractivity contribution >= 4 is 5.91 Å². The predicted octanol–water partition coefficient (Wildman–Crippen LogP) is 2.45. The van der Waals surface area contributed by atoms with Crippen LogP contribution in [0.3, 0.4) is 0 Å². The highest BCUT2D eigenvalue weighted by Gasteiger charge is 2.18. The molecule has 21 heavy (non-hydrogen) atoms. The van der Waals surface area contributed by atoms with Crippen molar-refractivity contribution < 1.29 is 19.0 Å². The van der Waals surface area contributed by atoms with Gasteiger partial charge in [0.1, 0.15) is 11.5 Å². The van der Waals surface area contributed by atoms with E-state index in [-0.39, 0.29) is 5.91 Å². The molecule has 0 aliphatic heterocycles. The molecular weight excluding hydrogens is 270 g/mol. The van der Waals surface area contributed by atoms with Gasteiger partial charge in [-0.25, -0.2) is 0 Å². The summed E-state index contributed by atoms with van der Waals surface area (Å²) < 4.78 is 15.5. The zero-order valence-electron chi connectivity index (χ0n) is 13.5. The SMILES string of the molecule is COCCN(CC(C)C)C(=O)c1cc(OC)cc(OC)c1. The normalized spacial score (nSPS) is 10.6. The van der Waals surface area contributed by atoms with Gasteiger partial charge in [-0.05, 0) is 18.1 Å². The molecular formula is C16H25NO4. The molecule has 1 rings (SSSR count). The van der Waals surface area contributed by atoms with Crippen LogP contribution in [0.2, 0.25) is 0 Å². The van der Waals surface area contributed by atoms with E-state index in [1.54, 1.807) is 44.4 Å². The van der Waals surface area contributed by atoms with Crippen LogP contribution in [0.25, 0.3) is 0 Å². The summed E-state index contributed by atoms with van der Waals surface area (Å²) in [6.07, 6.45) is 0. The van der Waals surface area contributed by atoms with E-state index >= 15 is 0 Å². The highest BCUT2D eigenvalue weighted by atomic mass is 16.5. The van der Waals surface area contributed by atoms with E-state index in [1.807, 2.05) is 0 Å². The van der Waals surface area contributed by atoms with Gasteiger partial charge in [-0.15, -0.1) is 0 Å². The summed E-state index contributed by atoms with van der Waals surface area (Å²) in [5.41, 5.74) is 0.558. The number of amides is 1. The number of rotatable bonds is 8. The monoisotopic (exact) mass is 295 g/mol. The lowest BCUT2D eigenvalue weighted by molar-refractivity contribution is 0.0671. The van der Waals surface area contributed by atoms with Gasteiger partial charge in [0.25, 0.3) is 5.91 Å². The predicted molar refractivity (Wildman–Crippen MR) is 82.2 cm³/mol. The molecule has 0 fully saturated rings. The Morgan fingerprint density at radius 3 is 2.10 bits per heavy atom. The largest absolute Gasteiger partial charge is 0.497 e. The molecule has 5 nitrogen and oxygen atoms in total. The fourth-order valence-corrected chi connectivity index (χ4v) is 2.03. The minimum absolute atomic E-state index is 0.0436. The molecule has 0 aliphatic carbocycles. The molecule has 0 bridgehead atoms. The summed E-state index contributed by atoms with van der Waals surface area (Å²) in [6.45, 7) is 5.92. The molecule has 0 unspecified atom stereocenters. The first-order valence-electron chi connectivity index (χ1n) is 7.03. The van der Waals surface area contributed by atoms with Crippen LogP contribution in [0.1, 0.15) is 24.2 Å². The van der Waals surface area contributed by atoms with Gasteiger partial charge in [0.2, 0.25) is 0 Å². The van der Waals surface area contributed by atoms with Gasteiger partial charge in [0.15, 0.2) is 0 Å². The number of hydrogen-bond acceptors (Lipinski definition) is 4. The second-order valence-corrected chi connectivity index (χ2v) is 5.24.